The summed E-state index contributed by atoms with van der Waals surface area (Å²) in [5, 5.41) is 6.08. The van der Waals surface area contributed by atoms with Crippen molar-refractivity contribution in [1.29, 1.82) is 0 Å². The molecule has 0 radical (unpaired) electrons. The van der Waals surface area contributed by atoms with E-state index in [1.165, 1.54) is 0 Å². The Bertz CT molecular complexity index is 391. The number of hydrogen-bond donors (Lipinski definition) is 2. The maximum absolute atomic E-state index is 12.0. The van der Waals surface area contributed by atoms with Gasteiger partial charge in [0.25, 0.3) is 0 Å². The van der Waals surface area contributed by atoms with Gasteiger partial charge < -0.3 is 15.4 Å². The smallest absolute Gasteiger partial charge is 0.229 e. The number of methoxy groups -OCH3 is 1. The molecule has 1 aliphatic rings. The molecule has 0 bridgehead atoms. The van der Waals surface area contributed by atoms with Crippen LogP contribution in [-0.4, -0.2) is 31.1 Å². The van der Waals surface area contributed by atoms with Crippen molar-refractivity contribution in [2.24, 2.45) is 11.8 Å². The average molecular weight is 235 g/mol. The second-order valence-corrected chi connectivity index (χ2v) is 4.32. The molecule has 0 spiro atoms. The van der Waals surface area contributed by atoms with Crippen LogP contribution in [0.3, 0.4) is 0 Å². The predicted octanol–water partition coefficient (Wildman–Crippen LogP) is 0.884. The zero-order valence-corrected chi connectivity index (χ0v) is 10.1. The molecule has 1 saturated heterocycles. The first-order valence-electron chi connectivity index (χ1n) is 5.72. The molecule has 0 aliphatic carbocycles. The van der Waals surface area contributed by atoms with E-state index in [4.69, 9.17) is 4.74 Å². The fourth-order valence-electron chi connectivity index (χ4n) is 1.97. The standard InChI is InChI=1S/C12H17N3O2/c1-8-5-13-7-10(8)12(16)15-9-3-4-11(17-2)14-6-9/h3-4,6,8,10,13H,5,7H2,1-2H3,(H,15,16)/t8-,10-/m1/s1. The number of ether oxygens (including phenoxy) is 1. The Hall–Kier alpha value is -1.62. The fraction of sp³-hybridized carbons (Fsp3) is 0.500. The van der Waals surface area contributed by atoms with Crippen molar-refractivity contribution in [3.63, 3.8) is 0 Å². The molecule has 0 saturated carbocycles. The van der Waals surface area contributed by atoms with Gasteiger partial charge in [-0.05, 0) is 18.5 Å². The first-order chi connectivity index (χ1) is 8.20. The number of pyridine rings is 1. The van der Waals surface area contributed by atoms with Crippen LogP contribution < -0.4 is 15.4 Å². The minimum Gasteiger partial charge on any atom is -0.481 e. The molecule has 1 fully saturated rings. The lowest BCUT2D eigenvalue weighted by Gasteiger charge is -2.14. The Kier molecular flexibility index (Phi) is 3.58. The molecule has 92 valence electrons. The van der Waals surface area contributed by atoms with E-state index in [-0.39, 0.29) is 11.8 Å². The highest BCUT2D eigenvalue weighted by Crippen LogP contribution is 2.18. The Morgan fingerprint density at radius 3 is 2.88 bits per heavy atom. The van der Waals surface area contributed by atoms with Crippen LogP contribution >= 0.6 is 0 Å². The summed E-state index contributed by atoms with van der Waals surface area (Å²) in [4.78, 5) is 16.0. The van der Waals surface area contributed by atoms with E-state index in [1.807, 2.05) is 0 Å². The topological polar surface area (TPSA) is 63.2 Å². The summed E-state index contributed by atoms with van der Waals surface area (Å²) in [6.07, 6.45) is 1.60. The third kappa shape index (κ3) is 2.74. The lowest BCUT2D eigenvalue weighted by atomic mass is 9.97. The van der Waals surface area contributed by atoms with Gasteiger partial charge in [0.2, 0.25) is 11.8 Å². The van der Waals surface area contributed by atoms with Crippen molar-refractivity contribution in [2.75, 3.05) is 25.5 Å². The third-order valence-electron chi connectivity index (χ3n) is 3.07. The van der Waals surface area contributed by atoms with Crippen molar-refractivity contribution in [2.45, 2.75) is 6.92 Å². The molecule has 2 heterocycles. The first kappa shape index (κ1) is 11.9. The molecule has 1 amide bonds. The number of carbonyl (C=O) groups is 1. The van der Waals surface area contributed by atoms with Crippen LogP contribution in [0.4, 0.5) is 5.69 Å². The van der Waals surface area contributed by atoms with E-state index < -0.39 is 0 Å². The van der Waals surface area contributed by atoms with Crippen LogP contribution in [0.5, 0.6) is 5.88 Å². The van der Waals surface area contributed by atoms with Gasteiger partial charge in [0.1, 0.15) is 0 Å². The Morgan fingerprint density at radius 2 is 2.35 bits per heavy atom. The molecule has 2 atom stereocenters. The van der Waals surface area contributed by atoms with Gasteiger partial charge in [-0.2, -0.15) is 0 Å². The predicted molar refractivity (Wildman–Crippen MR) is 64.9 cm³/mol. The number of hydrogen-bond acceptors (Lipinski definition) is 4. The average Bonchev–Trinajstić information content (AvgIpc) is 2.76. The summed E-state index contributed by atoms with van der Waals surface area (Å²) < 4.78 is 4.96. The molecule has 0 unspecified atom stereocenters. The van der Waals surface area contributed by atoms with Crippen molar-refractivity contribution in [1.82, 2.24) is 10.3 Å². The van der Waals surface area contributed by atoms with Crippen LogP contribution in [0.1, 0.15) is 6.92 Å². The van der Waals surface area contributed by atoms with Gasteiger partial charge in [0, 0.05) is 12.6 Å². The quantitative estimate of drug-likeness (QED) is 0.816. The minimum atomic E-state index is 0.0390. The molecular weight excluding hydrogens is 218 g/mol. The summed E-state index contributed by atoms with van der Waals surface area (Å²) in [6.45, 7) is 3.73. The minimum absolute atomic E-state index is 0.0390. The van der Waals surface area contributed by atoms with Gasteiger partial charge in [0.15, 0.2) is 0 Å². The zero-order valence-electron chi connectivity index (χ0n) is 10.1. The summed E-state index contributed by atoms with van der Waals surface area (Å²) in [5.74, 6) is 1.01. The largest absolute Gasteiger partial charge is 0.481 e. The third-order valence-corrected chi connectivity index (χ3v) is 3.07. The molecule has 1 aromatic heterocycles. The Morgan fingerprint density at radius 1 is 1.53 bits per heavy atom. The second-order valence-electron chi connectivity index (χ2n) is 4.32. The maximum Gasteiger partial charge on any atom is 0.229 e. The molecule has 17 heavy (non-hydrogen) atoms. The summed E-state index contributed by atoms with van der Waals surface area (Å²) in [7, 11) is 1.56. The van der Waals surface area contributed by atoms with Crippen molar-refractivity contribution in [3.05, 3.63) is 18.3 Å². The van der Waals surface area contributed by atoms with E-state index in [1.54, 1.807) is 25.4 Å². The van der Waals surface area contributed by atoms with E-state index in [0.29, 0.717) is 17.5 Å². The number of anilines is 1. The maximum atomic E-state index is 12.0. The van der Waals surface area contributed by atoms with E-state index in [2.05, 4.69) is 22.5 Å². The molecule has 2 rings (SSSR count). The number of aromatic nitrogens is 1. The fourth-order valence-corrected chi connectivity index (χ4v) is 1.97. The van der Waals surface area contributed by atoms with Gasteiger partial charge in [0.05, 0.1) is 24.9 Å². The highest BCUT2D eigenvalue weighted by molar-refractivity contribution is 5.92. The number of carbonyl (C=O) groups excluding carboxylic acids is 1. The number of nitrogens with zero attached hydrogens (tertiary/aromatic N) is 1. The van der Waals surface area contributed by atoms with E-state index in [0.717, 1.165) is 13.1 Å². The Labute approximate surface area is 101 Å². The van der Waals surface area contributed by atoms with Gasteiger partial charge in [-0.25, -0.2) is 4.98 Å². The molecule has 2 N–H and O–H groups in total. The molecular formula is C12H17N3O2. The number of nitrogens with one attached hydrogen (secondary N) is 2. The normalized spacial score (nSPS) is 23.4. The lowest BCUT2D eigenvalue weighted by molar-refractivity contribution is -0.120. The van der Waals surface area contributed by atoms with Crippen LogP contribution in [0, 0.1) is 11.8 Å². The highest BCUT2D eigenvalue weighted by Gasteiger charge is 2.29. The zero-order chi connectivity index (χ0) is 12.3. The monoisotopic (exact) mass is 235 g/mol. The second kappa shape index (κ2) is 5.14. The van der Waals surface area contributed by atoms with E-state index in [9.17, 15) is 4.79 Å². The van der Waals surface area contributed by atoms with Gasteiger partial charge in [-0.15, -0.1) is 0 Å². The van der Waals surface area contributed by atoms with Crippen LogP contribution in [-0.2, 0) is 4.79 Å². The lowest BCUT2D eigenvalue weighted by Crippen LogP contribution is -2.27. The van der Waals surface area contributed by atoms with Gasteiger partial charge in [-0.3, -0.25) is 4.79 Å². The highest BCUT2D eigenvalue weighted by atomic mass is 16.5. The van der Waals surface area contributed by atoms with Crippen molar-refractivity contribution in [3.8, 4) is 5.88 Å². The van der Waals surface area contributed by atoms with Crippen LogP contribution in [0.2, 0.25) is 0 Å². The van der Waals surface area contributed by atoms with Crippen molar-refractivity contribution >= 4 is 11.6 Å². The van der Waals surface area contributed by atoms with E-state index >= 15 is 0 Å². The van der Waals surface area contributed by atoms with Gasteiger partial charge in [-0.1, -0.05) is 6.92 Å². The first-order valence-corrected chi connectivity index (χ1v) is 5.72. The van der Waals surface area contributed by atoms with Gasteiger partial charge >= 0.3 is 0 Å². The molecule has 0 aromatic carbocycles. The summed E-state index contributed by atoms with van der Waals surface area (Å²) >= 11 is 0. The van der Waals surface area contributed by atoms with Crippen LogP contribution in [0.15, 0.2) is 18.3 Å². The molecule has 1 aliphatic heterocycles. The summed E-state index contributed by atoms with van der Waals surface area (Å²) in [6, 6.07) is 3.52. The van der Waals surface area contributed by atoms with Crippen molar-refractivity contribution < 1.29 is 9.53 Å². The SMILES string of the molecule is COc1ccc(NC(=O)[C@@H]2CNC[C@H]2C)cn1. The van der Waals surface area contributed by atoms with Crippen LogP contribution in [0.25, 0.3) is 0 Å². The number of amides is 1. The molecule has 5 heteroatoms. The number of rotatable bonds is 3. The Balaban J connectivity index is 1.97. The molecule has 1 aromatic rings. The summed E-state index contributed by atoms with van der Waals surface area (Å²) in [5.41, 5.74) is 0.704. The molecule has 5 nitrogen and oxygen atoms in total.